The molecule has 0 aliphatic carbocycles. The molecule has 0 aromatic heterocycles. The van der Waals surface area contributed by atoms with Gasteiger partial charge in [-0.3, -0.25) is 4.79 Å². The summed E-state index contributed by atoms with van der Waals surface area (Å²) in [6, 6.07) is 11.3. The summed E-state index contributed by atoms with van der Waals surface area (Å²) in [5, 5.41) is 4.56. The molecule has 0 radical (unpaired) electrons. The highest BCUT2D eigenvalue weighted by atomic mass is 16.1. The molecule has 0 aliphatic heterocycles. The Morgan fingerprint density at radius 1 is 1.07 bits per heavy atom. The molecule has 0 saturated heterocycles. The third kappa shape index (κ3) is 1.29. The van der Waals surface area contributed by atoms with Crippen molar-refractivity contribution in [3.8, 4) is 0 Å². The topological polar surface area (TPSA) is 55.1 Å². The predicted octanol–water partition coefficient (Wildman–Crippen LogP) is 1.99. The predicted molar refractivity (Wildman–Crippen MR) is 58.0 cm³/mol. The van der Waals surface area contributed by atoms with Gasteiger partial charge in [0.2, 0.25) is 6.41 Å². The van der Waals surface area contributed by atoms with Crippen molar-refractivity contribution >= 4 is 28.6 Å². The van der Waals surface area contributed by atoms with Gasteiger partial charge in [0.15, 0.2) is 0 Å². The molecule has 14 heavy (non-hydrogen) atoms. The maximum atomic E-state index is 10.4. The normalized spacial score (nSPS) is 10.0. The minimum Gasteiger partial charge on any atom is -0.398 e. The molecule has 2 aromatic rings. The van der Waals surface area contributed by atoms with Crippen molar-refractivity contribution in [2.45, 2.75) is 0 Å². The van der Waals surface area contributed by atoms with Crippen LogP contribution in [0.1, 0.15) is 0 Å². The third-order valence-electron chi connectivity index (χ3n) is 2.17. The zero-order chi connectivity index (χ0) is 9.97. The highest BCUT2D eigenvalue weighted by molar-refractivity contribution is 6.02. The van der Waals surface area contributed by atoms with Crippen LogP contribution in [0.15, 0.2) is 36.4 Å². The van der Waals surface area contributed by atoms with Crippen LogP contribution in [0.3, 0.4) is 0 Å². The Labute approximate surface area is 81.5 Å². The number of benzene rings is 2. The van der Waals surface area contributed by atoms with Crippen LogP contribution in [0.25, 0.3) is 10.8 Å². The molecule has 0 bridgehead atoms. The van der Waals surface area contributed by atoms with E-state index in [9.17, 15) is 4.79 Å². The van der Waals surface area contributed by atoms with E-state index in [1.54, 1.807) is 0 Å². The Bertz CT molecular complexity index is 480. The standard InChI is InChI=1S/C11H10N2O/c12-10-5-1-4-9-8(10)3-2-6-11(9)13-7-14/h1-7H,12H2,(H,13,14). The van der Waals surface area contributed by atoms with Gasteiger partial charge in [0, 0.05) is 22.1 Å². The van der Waals surface area contributed by atoms with Crippen LogP contribution in [0, 0.1) is 0 Å². The quantitative estimate of drug-likeness (QED) is 0.556. The smallest absolute Gasteiger partial charge is 0.211 e. The lowest BCUT2D eigenvalue weighted by atomic mass is 10.1. The molecular weight excluding hydrogens is 176 g/mol. The van der Waals surface area contributed by atoms with Crippen LogP contribution in [-0.2, 0) is 4.79 Å². The largest absolute Gasteiger partial charge is 0.398 e. The molecule has 0 saturated carbocycles. The Morgan fingerprint density at radius 2 is 1.79 bits per heavy atom. The average Bonchev–Trinajstić information content (AvgIpc) is 2.20. The monoisotopic (exact) mass is 186 g/mol. The van der Waals surface area contributed by atoms with Crippen LogP contribution >= 0.6 is 0 Å². The fourth-order valence-electron chi connectivity index (χ4n) is 1.52. The lowest BCUT2D eigenvalue weighted by Gasteiger charge is -2.06. The molecule has 3 heteroatoms. The van der Waals surface area contributed by atoms with Crippen LogP contribution < -0.4 is 11.1 Å². The van der Waals surface area contributed by atoms with E-state index in [0.717, 1.165) is 22.1 Å². The number of fused-ring (bicyclic) bond motifs is 1. The SMILES string of the molecule is Nc1cccc2c(NC=O)cccc12. The zero-order valence-corrected chi connectivity index (χ0v) is 7.53. The number of anilines is 2. The van der Waals surface area contributed by atoms with Crippen molar-refractivity contribution in [1.29, 1.82) is 0 Å². The molecule has 0 spiro atoms. The first-order valence-electron chi connectivity index (χ1n) is 4.30. The number of amides is 1. The maximum Gasteiger partial charge on any atom is 0.211 e. The number of nitrogens with two attached hydrogens (primary N) is 1. The summed E-state index contributed by atoms with van der Waals surface area (Å²) in [6.07, 6.45) is 0.665. The van der Waals surface area contributed by atoms with Crippen LogP contribution in [-0.4, -0.2) is 6.41 Å². The number of carbonyl (C=O) groups excluding carboxylic acids is 1. The fourth-order valence-corrected chi connectivity index (χ4v) is 1.52. The first kappa shape index (κ1) is 8.56. The van der Waals surface area contributed by atoms with Crippen molar-refractivity contribution in [2.24, 2.45) is 0 Å². The average molecular weight is 186 g/mol. The lowest BCUT2D eigenvalue weighted by molar-refractivity contribution is -0.105. The summed E-state index contributed by atoms with van der Waals surface area (Å²) in [5.74, 6) is 0. The molecule has 3 N–H and O–H groups in total. The van der Waals surface area contributed by atoms with Gasteiger partial charge in [-0.1, -0.05) is 24.3 Å². The van der Waals surface area contributed by atoms with Crippen molar-refractivity contribution in [3.05, 3.63) is 36.4 Å². The van der Waals surface area contributed by atoms with Crippen LogP contribution in [0.4, 0.5) is 11.4 Å². The van der Waals surface area contributed by atoms with E-state index in [1.807, 2.05) is 36.4 Å². The summed E-state index contributed by atoms with van der Waals surface area (Å²) in [4.78, 5) is 10.4. The van der Waals surface area contributed by atoms with Gasteiger partial charge in [-0.25, -0.2) is 0 Å². The van der Waals surface area contributed by atoms with E-state index in [0.29, 0.717) is 6.41 Å². The Balaban J connectivity index is 2.74. The molecule has 2 rings (SSSR count). The molecular formula is C11H10N2O. The van der Waals surface area contributed by atoms with Gasteiger partial charge in [-0.15, -0.1) is 0 Å². The molecule has 1 amide bonds. The Kier molecular flexibility index (Phi) is 2.07. The van der Waals surface area contributed by atoms with Gasteiger partial charge in [0.1, 0.15) is 0 Å². The number of nitrogen functional groups attached to an aromatic ring is 1. The number of hydrogen-bond donors (Lipinski definition) is 2. The molecule has 2 aromatic carbocycles. The summed E-state index contributed by atoms with van der Waals surface area (Å²) < 4.78 is 0. The highest BCUT2D eigenvalue weighted by Gasteiger charge is 2.00. The second kappa shape index (κ2) is 3.38. The Hall–Kier alpha value is -2.03. The second-order valence-electron chi connectivity index (χ2n) is 3.01. The molecule has 0 atom stereocenters. The second-order valence-corrected chi connectivity index (χ2v) is 3.01. The van der Waals surface area contributed by atoms with E-state index < -0.39 is 0 Å². The van der Waals surface area contributed by atoms with Gasteiger partial charge < -0.3 is 11.1 Å². The van der Waals surface area contributed by atoms with Crippen molar-refractivity contribution in [1.82, 2.24) is 0 Å². The third-order valence-corrected chi connectivity index (χ3v) is 2.17. The van der Waals surface area contributed by atoms with E-state index >= 15 is 0 Å². The lowest BCUT2D eigenvalue weighted by Crippen LogP contribution is -1.95. The van der Waals surface area contributed by atoms with Gasteiger partial charge in [0.05, 0.1) is 0 Å². The minimum atomic E-state index is 0.665. The van der Waals surface area contributed by atoms with Crippen molar-refractivity contribution in [3.63, 3.8) is 0 Å². The fraction of sp³-hybridized carbons (Fsp3) is 0. The minimum absolute atomic E-state index is 0.665. The first-order valence-corrected chi connectivity index (χ1v) is 4.30. The number of hydrogen-bond acceptors (Lipinski definition) is 2. The van der Waals surface area contributed by atoms with Gasteiger partial charge in [0.25, 0.3) is 0 Å². The Morgan fingerprint density at radius 3 is 2.57 bits per heavy atom. The number of rotatable bonds is 2. The van der Waals surface area contributed by atoms with Crippen molar-refractivity contribution < 1.29 is 4.79 Å². The molecule has 70 valence electrons. The first-order chi connectivity index (χ1) is 6.83. The van der Waals surface area contributed by atoms with Gasteiger partial charge >= 0.3 is 0 Å². The summed E-state index contributed by atoms with van der Waals surface area (Å²) in [6.45, 7) is 0. The summed E-state index contributed by atoms with van der Waals surface area (Å²) in [5.41, 5.74) is 7.31. The summed E-state index contributed by atoms with van der Waals surface area (Å²) in [7, 11) is 0. The maximum absolute atomic E-state index is 10.4. The van der Waals surface area contributed by atoms with E-state index in [2.05, 4.69) is 5.32 Å². The van der Waals surface area contributed by atoms with Crippen molar-refractivity contribution in [2.75, 3.05) is 11.1 Å². The van der Waals surface area contributed by atoms with E-state index in [1.165, 1.54) is 0 Å². The number of carbonyl (C=O) groups is 1. The van der Waals surface area contributed by atoms with Gasteiger partial charge in [-0.05, 0) is 12.1 Å². The highest BCUT2D eigenvalue weighted by Crippen LogP contribution is 2.26. The molecule has 0 fully saturated rings. The molecule has 0 heterocycles. The van der Waals surface area contributed by atoms with E-state index in [-0.39, 0.29) is 0 Å². The molecule has 0 aliphatic rings. The molecule has 0 unspecified atom stereocenters. The van der Waals surface area contributed by atoms with Gasteiger partial charge in [-0.2, -0.15) is 0 Å². The van der Waals surface area contributed by atoms with E-state index in [4.69, 9.17) is 5.73 Å². The van der Waals surface area contributed by atoms with Crippen LogP contribution in [0.2, 0.25) is 0 Å². The van der Waals surface area contributed by atoms with Crippen LogP contribution in [0.5, 0.6) is 0 Å². The molecule has 3 nitrogen and oxygen atoms in total. The number of nitrogens with one attached hydrogen (secondary N) is 1. The summed E-state index contributed by atoms with van der Waals surface area (Å²) >= 11 is 0. The zero-order valence-electron chi connectivity index (χ0n) is 7.53.